The molecule has 0 fully saturated rings. The summed E-state index contributed by atoms with van der Waals surface area (Å²) in [5, 5.41) is 2.90. The molecular weight excluding hydrogens is 749 g/mol. The zero-order valence-corrected chi connectivity index (χ0v) is 32.2. The average Bonchev–Trinajstić information content (AvgIpc) is 3.99. The van der Waals surface area contributed by atoms with Gasteiger partial charge in [0.1, 0.15) is 0 Å². The summed E-state index contributed by atoms with van der Waals surface area (Å²) in [6.07, 6.45) is 0. The summed E-state index contributed by atoms with van der Waals surface area (Å²) >= 11 is 1.24. The highest BCUT2D eigenvalue weighted by Gasteiger charge is 2.20. The lowest BCUT2D eigenvalue weighted by Gasteiger charge is -2.15. The minimum Gasteiger partial charge on any atom is -0.309 e. The molecule has 0 unspecified atom stereocenters. The average molecular weight is 795 g/mol. The molecule has 0 aliphatic rings. The Morgan fingerprint density at radius 3 is 1.97 bits per heavy atom. The lowest BCUT2D eigenvalue weighted by molar-refractivity contribution is 1.06. The van der Waals surface area contributed by atoms with Gasteiger partial charge in [-0.1, -0.05) is 170 Å². The second-order valence-corrected chi connectivity index (χ2v) is 15.3. The highest BCUT2D eigenvalue weighted by Crippen LogP contribution is 2.41. The number of hydrogen-bond donors (Lipinski definition) is 0. The Labute approximate surface area is 367 Å². The first-order valence-corrected chi connectivity index (χ1v) is 20.0. The number of fused-ring (bicyclic) bond motifs is 7. The molecule has 0 amide bonds. The van der Waals surface area contributed by atoms with Crippen molar-refractivity contribution in [2.45, 2.75) is 0 Å². The van der Waals surface area contributed by atoms with Gasteiger partial charge in [0, 0.05) is 47.6 Å². The van der Waals surface area contributed by atoms with Crippen LogP contribution < -0.4 is 0 Å². The van der Waals surface area contributed by atoms with Crippen LogP contribution in [0.3, 0.4) is 0 Å². The number of nitrogens with zero attached hydrogens (tertiary/aromatic N) is 4. The summed E-state index contributed by atoms with van der Waals surface area (Å²) in [6, 6.07) is 37.9. The van der Waals surface area contributed by atoms with E-state index in [0.717, 1.165) is 21.9 Å². The molecule has 0 atom stereocenters. The first-order chi connectivity index (χ1) is 34.7. The quantitative estimate of drug-likeness (QED) is 0.168. The highest BCUT2D eigenvalue weighted by molar-refractivity contribution is 7.26. The van der Waals surface area contributed by atoms with E-state index in [1.807, 2.05) is 66.7 Å². The number of aromatic nitrogens is 4. The van der Waals surface area contributed by atoms with Crippen LogP contribution >= 0.6 is 11.3 Å². The Morgan fingerprint density at radius 2 is 1.05 bits per heavy atom. The van der Waals surface area contributed by atoms with E-state index >= 15 is 0 Å². The van der Waals surface area contributed by atoms with Crippen molar-refractivity contribution in [1.29, 1.82) is 0 Å². The van der Waals surface area contributed by atoms with Gasteiger partial charge in [0.05, 0.1) is 33.2 Å². The molecule has 12 rings (SSSR count). The SMILES string of the molecule is [2H]c1cc([2H])c2sc3c(-c4cccc(-c5nc(-c6ccc(-c7cccc8ccccc78)cc6)nc(-c6ccccc6-n6c7c([2H])cc([2H])c([2H])c7c7c([2H])c([2H])c([2H])c([2H])c76)n5)c4)cc([2H])c([2H])c3c2c1[2H]. The van der Waals surface area contributed by atoms with Crippen LogP contribution in [-0.2, 0) is 0 Å². The minimum absolute atomic E-state index is 0.0126. The third kappa shape index (κ3) is 5.63. The van der Waals surface area contributed by atoms with Gasteiger partial charge < -0.3 is 4.57 Å². The van der Waals surface area contributed by atoms with E-state index in [1.54, 1.807) is 34.9 Å². The first kappa shape index (κ1) is 24.3. The van der Waals surface area contributed by atoms with Crippen LogP contribution in [0.4, 0.5) is 0 Å². The van der Waals surface area contributed by atoms with Crippen LogP contribution in [0.15, 0.2) is 206 Å². The topological polar surface area (TPSA) is 43.6 Å². The van der Waals surface area contributed by atoms with Gasteiger partial charge in [0.2, 0.25) is 0 Å². The van der Waals surface area contributed by atoms with Gasteiger partial charge in [-0.25, -0.2) is 15.0 Å². The Morgan fingerprint density at radius 1 is 0.400 bits per heavy atom. The van der Waals surface area contributed by atoms with E-state index in [9.17, 15) is 1.37 Å². The van der Waals surface area contributed by atoms with Crippen molar-refractivity contribution in [3.63, 3.8) is 0 Å². The largest absolute Gasteiger partial charge is 0.309 e. The fourth-order valence-electron chi connectivity index (χ4n) is 8.05. The van der Waals surface area contributed by atoms with Crippen LogP contribution in [-0.4, -0.2) is 19.5 Å². The molecule has 12 aromatic rings. The fraction of sp³-hybridized carbons (Fsp3) is 0. The summed E-state index contributed by atoms with van der Waals surface area (Å²) < 4.78 is 108. The highest BCUT2D eigenvalue weighted by atomic mass is 32.1. The zero-order valence-electron chi connectivity index (χ0n) is 43.4. The molecule has 3 heterocycles. The van der Waals surface area contributed by atoms with Gasteiger partial charge in [-0.2, -0.15) is 0 Å². The Kier molecular flexibility index (Phi) is 5.65. The van der Waals surface area contributed by atoms with Gasteiger partial charge in [-0.15, -0.1) is 11.3 Å². The minimum atomic E-state index is -0.506. The Balaban J connectivity index is 1.10. The van der Waals surface area contributed by atoms with Gasteiger partial charge >= 0.3 is 0 Å². The number of hydrogen-bond acceptors (Lipinski definition) is 4. The molecule has 0 saturated carbocycles. The van der Waals surface area contributed by atoms with Crippen LogP contribution in [0, 0.1) is 0 Å². The third-order valence-electron chi connectivity index (χ3n) is 10.8. The number of benzene rings is 9. The van der Waals surface area contributed by atoms with Crippen LogP contribution in [0.1, 0.15) is 16.4 Å². The lowest BCUT2D eigenvalue weighted by Crippen LogP contribution is -2.03. The normalized spacial score (nSPS) is 14.5. The summed E-state index contributed by atoms with van der Waals surface area (Å²) in [5.74, 6) is 0.725. The molecule has 0 aliphatic heterocycles. The van der Waals surface area contributed by atoms with Gasteiger partial charge in [-0.3, -0.25) is 0 Å². The Hall–Kier alpha value is -7.73. The monoisotopic (exact) mass is 794 g/mol. The second kappa shape index (κ2) is 14.0. The molecule has 0 spiro atoms. The van der Waals surface area contributed by atoms with E-state index in [1.165, 1.54) is 23.5 Å². The van der Waals surface area contributed by atoms with E-state index in [-0.39, 0.29) is 87.8 Å². The van der Waals surface area contributed by atoms with Gasteiger partial charge in [-0.05, 0) is 69.4 Å². The first-order valence-electron chi connectivity index (χ1n) is 25.2. The maximum Gasteiger partial charge on any atom is 0.166 e. The summed E-state index contributed by atoms with van der Waals surface area (Å²) in [6.45, 7) is 0. The molecule has 0 N–H and O–H groups in total. The Bertz CT molecular complexity index is 4320. The van der Waals surface area contributed by atoms with E-state index in [0.29, 0.717) is 59.5 Å². The predicted molar refractivity (Wildman–Crippen MR) is 252 cm³/mol. The number of para-hydroxylation sites is 3. The fourth-order valence-corrected chi connectivity index (χ4v) is 9.17. The van der Waals surface area contributed by atoms with Crippen molar-refractivity contribution in [1.82, 2.24) is 19.5 Å². The maximum atomic E-state index is 9.19. The molecule has 3 aromatic heterocycles. The summed E-state index contributed by atoms with van der Waals surface area (Å²) in [5.41, 5.74) is 5.36. The van der Waals surface area contributed by atoms with Crippen molar-refractivity contribution >= 4 is 64.1 Å². The molecular formula is C55H34N4S. The molecule has 5 heteroatoms. The van der Waals surface area contributed by atoms with Crippen molar-refractivity contribution in [3.8, 4) is 62.1 Å². The van der Waals surface area contributed by atoms with Crippen LogP contribution in [0.5, 0.6) is 0 Å². The standard InChI is InChI=1S/C55H34N4S/c1-2-18-40-35(14-1)15-12-23-41(40)36-30-32-37(33-31-36)53-56-54(39-17-11-16-38(34-39)42-24-13-25-46-45-21-6-10-29-51(45)60-52(42)46)58-55(57-53)47-22-5-9-28-50(47)59-48-26-7-3-19-43(48)44-20-4-8-27-49(44)59/h1-34H/i3D,4D,6D,7D,13D,19D,20D,21D,25D,26D,27D,29D. The zero-order chi connectivity index (χ0) is 50.0. The van der Waals surface area contributed by atoms with Crippen molar-refractivity contribution in [2.24, 2.45) is 0 Å². The van der Waals surface area contributed by atoms with E-state index in [2.05, 4.69) is 24.3 Å². The molecule has 9 aromatic carbocycles. The summed E-state index contributed by atoms with van der Waals surface area (Å²) in [7, 11) is 0. The van der Waals surface area contributed by atoms with Crippen LogP contribution in [0.25, 0.3) is 115 Å². The number of rotatable bonds is 6. The summed E-state index contributed by atoms with van der Waals surface area (Å²) in [4.78, 5) is 15.3. The maximum absolute atomic E-state index is 9.19. The smallest absolute Gasteiger partial charge is 0.166 e. The predicted octanol–water partition coefficient (Wildman–Crippen LogP) is 14.8. The van der Waals surface area contributed by atoms with Gasteiger partial charge in [0.15, 0.2) is 17.5 Å². The molecule has 280 valence electrons. The molecule has 0 radical (unpaired) electrons. The molecule has 0 bridgehead atoms. The third-order valence-corrected chi connectivity index (χ3v) is 12.0. The molecule has 4 nitrogen and oxygen atoms in total. The van der Waals surface area contributed by atoms with Crippen molar-refractivity contribution < 1.29 is 16.4 Å². The van der Waals surface area contributed by atoms with Crippen molar-refractivity contribution in [2.75, 3.05) is 0 Å². The van der Waals surface area contributed by atoms with Crippen molar-refractivity contribution in [3.05, 3.63) is 206 Å². The van der Waals surface area contributed by atoms with E-state index in [4.69, 9.17) is 30.0 Å². The molecule has 60 heavy (non-hydrogen) atoms. The second-order valence-electron chi connectivity index (χ2n) is 14.2. The molecule has 0 saturated heterocycles. The van der Waals surface area contributed by atoms with Gasteiger partial charge in [0.25, 0.3) is 0 Å². The number of thiophene rings is 1. The molecule has 0 aliphatic carbocycles. The van der Waals surface area contributed by atoms with Crippen LogP contribution in [0.2, 0.25) is 0 Å². The lowest BCUT2D eigenvalue weighted by atomic mass is 9.97. The van der Waals surface area contributed by atoms with E-state index < -0.39 is 18.1 Å².